The summed E-state index contributed by atoms with van der Waals surface area (Å²) in [5.74, 6) is 1.66. The van der Waals surface area contributed by atoms with Crippen LogP contribution in [0, 0.1) is 0 Å². The minimum atomic E-state index is -0.135. The zero-order chi connectivity index (χ0) is 15.2. The predicted octanol–water partition coefficient (Wildman–Crippen LogP) is 1.81. The second-order valence-corrected chi connectivity index (χ2v) is 4.30. The lowest BCUT2D eigenvalue weighted by molar-refractivity contribution is 0.353. The normalized spacial score (nSPS) is 11.8. The van der Waals surface area contributed by atoms with Gasteiger partial charge in [-0.2, -0.15) is 4.98 Å². The molecule has 0 aliphatic carbocycles. The van der Waals surface area contributed by atoms with Gasteiger partial charge in [0.15, 0.2) is 0 Å². The van der Waals surface area contributed by atoms with Crippen LogP contribution in [0.3, 0.4) is 0 Å². The molecule has 1 aromatic carbocycles. The van der Waals surface area contributed by atoms with Crippen molar-refractivity contribution < 1.29 is 14.2 Å². The highest BCUT2D eigenvalue weighted by Crippen LogP contribution is 2.28. The molecule has 0 amide bonds. The first kappa shape index (κ1) is 15.1. The zero-order valence-corrected chi connectivity index (χ0v) is 12.6. The van der Waals surface area contributed by atoms with Crippen LogP contribution in [0.4, 0.5) is 0 Å². The highest BCUT2D eigenvalue weighted by atomic mass is 16.5. The quantitative estimate of drug-likeness (QED) is 0.875. The van der Waals surface area contributed by atoms with Crippen molar-refractivity contribution >= 4 is 0 Å². The summed E-state index contributed by atoms with van der Waals surface area (Å²) < 4.78 is 15.6. The number of benzene rings is 1. The molecule has 0 fully saturated rings. The molecule has 2 rings (SSSR count). The molecule has 0 bridgehead atoms. The van der Waals surface area contributed by atoms with E-state index in [1.54, 1.807) is 27.5 Å². The van der Waals surface area contributed by atoms with Gasteiger partial charge in [0.25, 0.3) is 0 Å². The minimum Gasteiger partial charge on any atom is -0.497 e. The summed E-state index contributed by atoms with van der Waals surface area (Å²) in [5.41, 5.74) is 1.74. The third-order valence-electron chi connectivity index (χ3n) is 3.16. The van der Waals surface area contributed by atoms with Crippen LogP contribution in [0.15, 0.2) is 30.5 Å². The predicted molar refractivity (Wildman–Crippen MR) is 79.0 cm³/mol. The van der Waals surface area contributed by atoms with E-state index in [1.807, 2.05) is 31.3 Å². The molecule has 0 aliphatic heterocycles. The maximum atomic E-state index is 5.32. The lowest BCUT2D eigenvalue weighted by Gasteiger charge is -2.18. The van der Waals surface area contributed by atoms with Gasteiger partial charge in [-0.1, -0.05) is 12.1 Å². The Labute approximate surface area is 124 Å². The van der Waals surface area contributed by atoms with Crippen LogP contribution < -0.4 is 19.5 Å². The molecule has 1 heterocycles. The van der Waals surface area contributed by atoms with Crippen molar-refractivity contribution in [2.45, 2.75) is 6.04 Å². The van der Waals surface area contributed by atoms with E-state index in [-0.39, 0.29) is 6.04 Å². The Kier molecular flexibility index (Phi) is 4.94. The number of rotatable bonds is 6. The van der Waals surface area contributed by atoms with Crippen molar-refractivity contribution in [3.63, 3.8) is 0 Å². The number of hydrogen-bond donors (Lipinski definition) is 1. The topological polar surface area (TPSA) is 65.5 Å². The van der Waals surface area contributed by atoms with Crippen LogP contribution in [-0.2, 0) is 0 Å². The molecule has 1 aromatic heterocycles. The summed E-state index contributed by atoms with van der Waals surface area (Å²) >= 11 is 0. The Morgan fingerprint density at radius 2 is 1.71 bits per heavy atom. The van der Waals surface area contributed by atoms with Crippen molar-refractivity contribution in [1.82, 2.24) is 15.3 Å². The van der Waals surface area contributed by atoms with E-state index in [4.69, 9.17) is 14.2 Å². The fourth-order valence-corrected chi connectivity index (χ4v) is 2.07. The standard InChI is InChI=1S/C15H19N3O3/c1-16-13(10-5-7-11(19-2)8-6-10)14-15(21-4)18-12(20-3)9-17-14/h5-9,13,16H,1-4H3. The van der Waals surface area contributed by atoms with Crippen molar-refractivity contribution in [3.8, 4) is 17.5 Å². The van der Waals surface area contributed by atoms with Crippen LogP contribution in [-0.4, -0.2) is 38.3 Å². The number of nitrogens with one attached hydrogen (secondary N) is 1. The van der Waals surface area contributed by atoms with Gasteiger partial charge in [-0.3, -0.25) is 0 Å². The molecule has 1 unspecified atom stereocenters. The Balaban J connectivity index is 2.40. The van der Waals surface area contributed by atoms with E-state index in [1.165, 1.54) is 0 Å². The van der Waals surface area contributed by atoms with Gasteiger partial charge >= 0.3 is 0 Å². The fraction of sp³-hybridized carbons (Fsp3) is 0.333. The molecular formula is C15H19N3O3. The average molecular weight is 289 g/mol. The largest absolute Gasteiger partial charge is 0.497 e. The van der Waals surface area contributed by atoms with Crippen molar-refractivity contribution in [3.05, 3.63) is 41.7 Å². The summed E-state index contributed by atoms with van der Waals surface area (Å²) in [7, 11) is 6.61. The SMILES string of the molecule is CNC(c1ccc(OC)cc1)c1ncc(OC)nc1OC. The summed E-state index contributed by atoms with van der Waals surface area (Å²) in [5, 5.41) is 3.22. The molecule has 0 radical (unpaired) electrons. The molecule has 21 heavy (non-hydrogen) atoms. The molecule has 6 heteroatoms. The van der Waals surface area contributed by atoms with E-state index in [0.29, 0.717) is 17.5 Å². The van der Waals surface area contributed by atoms with Gasteiger partial charge in [0.1, 0.15) is 11.4 Å². The smallest absolute Gasteiger partial charge is 0.240 e. The van der Waals surface area contributed by atoms with E-state index in [9.17, 15) is 0 Å². The van der Waals surface area contributed by atoms with Gasteiger partial charge in [0.05, 0.1) is 33.6 Å². The molecule has 112 valence electrons. The van der Waals surface area contributed by atoms with Crippen LogP contribution >= 0.6 is 0 Å². The number of nitrogens with zero attached hydrogens (tertiary/aromatic N) is 2. The van der Waals surface area contributed by atoms with Gasteiger partial charge in [-0.25, -0.2) is 4.98 Å². The fourth-order valence-electron chi connectivity index (χ4n) is 2.07. The minimum absolute atomic E-state index is 0.135. The van der Waals surface area contributed by atoms with Gasteiger partial charge in [-0.15, -0.1) is 0 Å². The molecule has 0 saturated carbocycles. The van der Waals surface area contributed by atoms with Gasteiger partial charge in [-0.05, 0) is 24.7 Å². The Morgan fingerprint density at radius 1 is 1.00 bits per heavy atom. The molecular weight excluding hydrogens is 270 g/mol. The molecule has 0 saturated heterocycles. The molecule has 1 N–H and O–H groups in total. The molecule has 6 nitrogen and oxygen atoms in total. The van der Waals surface area contributed by atoms with E-state index in [0.717, 1.165) is 11.3 Å². The van der Waals surface area contributed by atoms with Gasteiger partial charge < -0.3 is 19.5 Å². The second-order valence-electron chi connectivity index (χ2n) is 4.30. The molecule has 0 spiro atoms. The summed E-state index contributed by atoms with van der Waals surface area (Å²) in [4.78, 5) is 8.67. The summed E-state index contributed by atoms with van der Waals surface area (Å²) in [6.07, 6.45) is 1.58. The lowest BCUT2D eigenvalue weighted by atomic mass is 10.0. The lowest BCUT2D eigenvalue weighted by Crippen LogP contribution is -2.20. The third kappa shape index (κ3) is 3.22. The van der Waals surface area contributed by atoms with Crippen LogP contribution in [0.2, 0.25) is 0 Å². The molecule has 2 aromatic rings. The number of methoxy groups -OCH3 is 3. The Hall–Kier alpha value is -2.34. The number of ether oxygens (including phenoxy) is 3. The van der Waals surface area contributed by atoms with Gasteiger partial charge in [0, 0.05) is 0 Å². The van der Waals surface area contributed by atoms with Crippen LogP contribution in [0.1, 0.15) is 17.3 Å². The number of aromatic nitrogens is 2. The first-order chi connectivity index (χ1) is 10.2. The second kappa shape index (κ2) is 6.90. The maximum absolute atomic E-state index is 5.32. The van der Waals surface area contributed by atoms with Gasteiger partial charge in [0.2, 0.25) is 11.8 Å². The van der Waals surface area contributed by atoms with Crippen molar-refractivity contribution in [2.75, 3.05) is 28.4 Å². The highest BCUT2D eigenvalue weighted by Gasteiger charge is 2.20. The van der Waals surface area contributed by atoms with Crippen LogP contribution in [0.5, 0.6) is 17.5 Å². The maximum Gasteiger partial charge on any atom is 0.240 e. The van der Waals surface area contributed by atoms with E-state index in [2.05, 4.69) is 15.3 Å². The first-order valence-corrected chi connectivity index (χ1v) is 6.49. The zero-order valence-electron chi connectivity index (χ0n) is 12.6. The number of hydrogen-bond acceptors (Lipinski definition) is 6. The van der Waals surface area contributed by atoms with Crippen molar-refractivity contribution in [1.29, 1.82) is 0 Å². The highest BCUT2D eigenvalue weighted by molar-refractivity contribution is 5.37. The summed E-state index contributed by atoms with van der Waals surface area (Å²) in [6.45, 7) is 0. The van der Waals surface area contributed by atoms with E-state index < -0.39 is 0 Å². The average Bonchev–Trinajstić information content (AvgIpc) is 2.56. The Morgan fingerprint density at radius 3 is 2.24 bits per heavy atom. The monoisotopic (exact) mass is 289 g/mol. The molecule has 0 aliphatic rings. The molecule has 1 atom stereocenters. The Bertz CT molecular complexity index is 587. The first-order valence-electron chi connectivity index (χ1n) is 6.49. The summed E-state index contributed by atoms with van der Waals surface area (Å²) in [6, 6.07) is 7.63. The van der Waals surface area contributed by atoms with E-state index >= 15 is 0 Å². The third-order valence-corrected chi connectivity index (χ3v) is 3.16. The van der Waals surface area contributed by atoms with Crippen molar-refractivity contribution in [2.24, 2.45) is 0 Å². The van der Waals surface area contributed by atoms with Crippen LogP contribution in [0.25, 0.3) is 0 Å².